The molecule has 0 spiro atoms. The van der Waals surface area contributed by atoms with Gasteiger partial charge >= 0.3 is 5.97 Å². The molecule has 0 radical (unpaired) electrons. The van der Waals surface area contributed by atoms with E-state index in [1.54, 1.807) is 43.3 Å². The minimum Gasteiger partial charge on any atom is -0.497 e. The highest BCUT2D eigenvalue weighted by Gasteiger charge is 2.32. The molecular formula is C21H24FNO4. The number of benzene rings is 2. The Morgan fingerprint density at radius 3 is 2.56 bits per heavy atom. The van der Waals surface area contributed by atoms with Gasteiger partial charge in [-0.2, -0.15) is 0 Å². The van der Waals surface area contributed by atoms with E-state index in [1.807, 2.05) is 6.92 Å². The van der Waals surface area contributed by atoms with Crippen molar-refractivity contribution in [3.63, 3.8) is 0 Å². The number of ether oxygens (including phenoxy) is 1. The number of carboxylic acids is 1. The van der Waals surface area contributed by atoms with Gasteiger partial charge in [-0.3, -0.25) is 9.59 Å². The quantitative estimate of drug-likeness (QED) is 0.737. The van der Waals surface area contributed by atoms with E-state index in [0.717, 1.165) is 0 Å². The first-order valence-corrected chi connectivity index (χ1v) is 8.66. The fourth-order valence-electron chi connectivity index (χ4n) is 3.05. The highest BCUT2D eigenvalue weighted by atomic mass is 19.1. The summed E-state index contributed by atoms with van der Waals surface area (Å²) in [7, 11) is 1.52. The summed E-state index contributed by atoms with van der Waals surface area (Å²) in [6.45, 7) is 3.50. The van der Waals surface area contributed by atoms with Crippen LogP contribution in [0, 0.1) is 5.82 Å². The second-order valence-electron chi connectivity index (χ2n) is 6.84. The number of halogens is 1. The third-order valence-corrected chi connectivity index (χ3v) is 4.54. The van der Waals surface area contributed by atoms with E-state index in [0.29, 0.717) is 16.9 Å². The Labute approximate surface area is 158 Å². The number of carbonyl (C=O) groups is 2. The molecule has 0 bridgehead atoms. The van der Waals surface area contributed by atoms with Crippen LogP contribution >= 0.6 is 0 Å². The van der Waals surface area contributed by atoms with Gasteiger partial charge in [-0.25, -0.2) is 4.39 Å². The first kappa shape index (κ1) is 20.4. The zero-order valence-corrected chi connectivity index (χ0v) is 15.7. The molecule has 0 aliphatic heterocycles. The maximum atomic E-state index is 13.4. The summed E-state index contributed by atoms with van der Waals surface area (Å²) in [4.78, 5) is 24.0. The molecule has 1 amide bonds. The highest BCUT2D eigenvalue weighted by molar-refractivity contribution is 5.79. The predicted octanol–water partition coefficient (Wildman–Crippen LogP) is 3.83. The molecule has 0 fully saturated rings. The SMILES string of the molecule is COc1cccc(C(C)(CC(=O)O)NC(=O)CC(C)c2cccc(F)c2)c1. The first-order valence-electron chi connectivity index (χ1n) is 8.66. The number of nitrogens with one attached hydrogen (secondary N) is 1. The Hall–Kier alpha value is -2.89. The van der Waals surface area contributed by atoms with Gasteiger partial charge in [-0.1, -0.05) is 31.2 Å². The van der Waals surface area contributed by atoms with Crippen molar-refractivity contribution >= 4 is 11.9 Å². The fourth-order valence-corrected chi connectivity index (χ4v) is 3.05. The lowest BCUT2D eigenvalue weighted by Gasteiger charge is -2.31. The number of hydrogen-bond acceptors (Lipinski definition) is 3. The number of hydrogen-bond donors (Lipinski definition) is 2. The van der Waals surface area contributed by atoms with E-state index >= 15 is 0 Å². The molecule has 0 saturated heterocycles. The summed E-state index contributed by atoms with van der Waals surface area (Å²) in [6, 6.07) is 13.1. The van der Waals surface area contributed by atoms with Gasteiger partial charge < -0.3 is 15.2 Å². The van der Waals surface area contributed by atoms with Crippen molar-refractivity contribution < 1.29 is 23.8 Å². The molecule has 2 unspecified atom stereocenters. The predicted molar refractivity (Wildman–Crippen MR) is 100 cm³/mol. The molecule has 0 heterocycles. The molecule has 0 aliphatic rings. The van der Waals surface area contributed by atoms with Gasteiger partial charge in [0.2, 0.25) is 5.91 Å². The minimum atomic E-state index is -1.10. The molecule has 2 aromatic carbocycles. The van der Waals surface area contributed by atoms with Gasteiger partial charge in [0.25, 0.3) is 0 Å². The number of aliphatic carboxylic acids is 1. The van der Waals surface area contributed by atoms with Crippen molar-refractivity contribution in [2.75, 3.05) is 7.11 Å². The van der Waals surface area contributed by atoms with Gasteiger partial charge in [-0.05, 0) is 48.2 Å². The normalized spacial score (nSPS) is 14.1. The Bertz CT molecular complexity index is 823. The van der Waals surface area contributed by atoms with Crippen LogP contribution in [0.2, 0.25) is 0 Å². The summed E-state index contributed by atoms with van der Waals surface area (Å²) in [5.74, 6) is -1.32. The lowest BCUT2D eigenvalue weighted by molar-refractivity contribution is -0.139. The van der Waals surface area contributed by atoms with Crippen LogP contribution in [0.15, 0.2) is 48.5 Å². The Kier molecular flexibility index (Phi) is 6.55. The summed E-state index contributed by atoms with van der Waals surface area (Å²) in [5, 5.41) is 12.2. The standard InChI is InChI=1S/C21H24FNO4/c1-14(15-6-4-8-17(22)11-15)10-19(24)23-21(2,13-20(25)26)16-7-5-9-18(12-16)27-3/h4-9,11-12,14H,10,13H2,1-3H3,(H,23,24)(H,25,26). The van der Waals surface area contributed by atoms with E-state index in [1.165, 1.54) is 19.2 Å². The van der Waals surface area contributed by atoms with E-state index in [2.05, 4.69) is 5.32 Å². The van der Waals surface area contributed by atoms with Crippen molar-refractivity contribution in [2.24, 2.45) is 0 Å². The molecule has 2 atom stereocenters. The van der Waals surface area contributed by atoms with Crippen molar-refractivity contribution in [3.05, 3.63) is 65.5 Å². The summed E-state index contributed by atoms with van der Waals surface area (Å²) in [5.41, 5.74) is 0.251. The van der Waals surface area contributed by atoms with Crippen LogP contribution in [0.5, 0.6) is 5.75 Å². The van der Waals surface area contributed by atoms with Crippen molar-refractivity contribution in [1.82, 2.24) is 5.32 Å². The molecule has 0 aromatic heterocycles. The third-order valence-electron chi connectivity index (χ3n) is 4.54. The monoisotopic (exact) mass is 373 g/mol. The molecule has 0 saturated carbocycles. The second kappa shape index (κ2) is 8.66. The topological polar surface area (TPSA) is 75.6 Å². The molecule has 6 heteroatoms. The van der Waals surface area contributed by atoms with Gasteiger partial charge in [0.05, 0.1) is 19.1 Å². The molecule has 144 valence electrons. The second-order valence-corrected chi connectivity index (χ2v) is 6.84. The van der Waals surface area contributed by atoms with Gasteiger partial charge in [0.1, 0.15) is 11.6 Å². The maximum absolute atomic E-state index is 13.4. The van der Waals surface area contributed by atoms with Crippen molar-refractivity contribution in [1.29, 1.82) is 0 Å². The zero-order chi connectivity index (χ0) is 20.0. The number of methoxy groups -OCH3 is 1. The van der Waals surface area contributed by atoms with Gasteiger partial charge in [0, 0.05) is 6.42 Å². The maximum Gasteiger partial charge on any atom is 0.306 e. The lowest BCUT2D eigenvalue weighted by atomic mass is 9.87. The Morgan fingerprint density at radius 2 is 1.93 bits per heavy atom. The van der Waals surface area contributed by atoms with E-state index in [9.17, 15) is 19.1 Å². The molecule has 27 heavy (non-hydrogen) atoms. The van der Waals surface area contributed by atoms with Crippen LogP contribution in [-0.4, -0.2) is 24.1 Å². The molecular weight excluding hydrogens is 349 g/mol. The van der Waals surface area contributed by atoms with Crippen LogP contribution in [0.25, 0.3) is 0 Å². The average Bonchev–Trinajstić information content (AvgIpc) is 2.60. The molecule has 5 nitrogen and oxygen atoms in total. The Balaban J connectivity index is 2.19. The van der Waals surface area contributed by atoms with Gasteiger partial charge in [-0.15, -0.1) is 0 Å². The van der Waals surface area contributed by atoms with Crippen LogP contribution < -0.4 is 10.1 Å². The summed E-state index contributed by atoms with van der Waals surface area (Å²) >= 11 is 0. The van der Waals surface area contributed by atoms with Crippen LogP contribution in [0.3, 0.4) is 0 Å². The smallest absolute Gasteiger partial charge is 0.306 e. The molecule has 0 aliphatic carbocycles. The third kappa shape index (κ3) is 5.54. The molecule has 2 N–H and O–H groups in total. The van der Waals surface area contributed by atoms with E-state index in [4.69, 9.17) is 4.74 Å². The Morgan fingerprint density at radius 1 is 1.22 bits per heavy atom. The largest absolute Gasteiger partial charge is 0.497 e. The zero-order valence-electron chi connectivity index (χ0n) is 15.7. The lowest BCUT2D eigenvalue weighted by Crippen LogP contribution is -2.45. The van der Waals surface area contributed by atoms with Gasteiger partial charge in [0.15, 0.2) is 0 Å². The van der Waals surface area contributed by atoms with E-state index < -0.39 is 11.5 Å². The van der Waals surface area contributed by atoms with Crippen LogP contribution in [-0.2, 0) is 15.1 Å². The summed E-state index contributed by atoms with van der Waals surface area (Å²) < 4.78 is 18.6. The number of carboxylic acid groups (broad SMARTS) is 1. The first-order chi connectivity index (χ1) is 12.7. The summed E-state index contributed by atoms with van der Waals surface area (Å²) in [6.07, 6.45) is -0.164. The molecule has 2 rings (SSSR count). The van der Waals surface area contributed by atoms with Crippen LogP contribution in [0.1, 0.15) is 43.7 Å². The van der Waals surface area contributed by atoms with E-state index in [-0.39, 0.29) is 30.5 Å². The fraction of sp³-hybridized carbons (Fsp3) is 0.333. The molecule has 2 aromatic rings. The minimum absolute atomic E-state index is 0.114. The number of carbonyl (C=O) groups excluding carboxylic acids is 1. The van der Waals surface area contributed by atoms with Crippen molar-refractivity contribution in [2.45, 2.75) is 38.1 Å². The highest BCUT2D eigenvalue weighted by Crippen LogP contribution is 2.29. The number of amides is 1. The average molecular weight is 373 g/mol. The van der Waals surface area contributed by atoms with Crippen molar-refractivity contribution in [3.8, 4) is 5.75 Å². The van der Waals surface area contributed by atoms with Crippen LogP contribution in [0.4, 0.5) is 4.39 Å². The number of rotatable bonds is 8.